The maximum absolute atomic E-state index is 12.0. The van der Waals surface area contributed by atoms with Gasteiger partial charge in [-0.15, -0.1) is 0 Å². The van der Waals surface area contributed by atoms with Crippen LogP contribution in [0.1, 0.15) is 6.92 Å². The molecule has 0 spiro atoms. The van der Waals surface area contributed by atoms with Crippen LogP contribution in [0.3, 0.4) is 0 Å². The third-order valence-electron chi connectivity index (χ3n) is 2.21. The van der Waals surface area contributed by atoms with Crippen molar-refractivity contribution in [2.45, 2.75) is 17.1 Å². The first kappa shape index (κ1) is 14.8. The van der Waals surface area contributed by atoms with Gasteiger partial charge in [-0.2, -0.15) is 11.8 Å². The van der Waals surface area contributed by atoms with E-state index in [0.717, 1.165) is 0 Å². The number of nitrogens with two attached hydrogens (primary N) is 1. The molecule has 4 nitrogen and oxygen atoms in total. The van der Waals surface area contributed by atoms with Crippen molar-refractivity contribution in [3.63, 3.8) is 0 Å². The number of thioether (sulfide) groups is 1. The van der Waals surface area contributed by atoms with Gasteiger partial charge in [0.2, 0.25) is 10.0 Å². The van der Waals surface area contributed by atoms with Crippen LogP contribution >= 0.6 is 27.7 Å². The van der Waals surface area contributed by atoms with E-state index in [-0.39, 0.29) is 10.1 Å². The van der Waals surface area contributed by atoms with E-state index in [0.29, 0.717) is 16.7 Å². The molecule has 1 atom stereocenters. The summed E-state index contributed by atoms with van der Waals surface area (Å²) >= 11 is 4.82. The molecule has 0 fully saturated rings. The van der Waals surface area contributed by atoms with Gasteiger partial charge in [0.05, 0.1) is 4.90 Å². The minimum absolute atomic E-state index is 0.172. The highest BCUT2D eigenvalue weighted by atomic mass is 79.9. The van der Waals surface area contributed by atoms with Gasteiger partial charge < -0.3 is 5.73 Å². The summed E-state index contributed by atoms with van der Waals surface area (Å²) in [4.78, 5) is 0.172. The number of sulfonamides is 1. The molecule has 0 aliphatic heterocycles. The average Bonchev–Trinajstić information content (AvgIpc) is 2.29. The van der Waals surface area contributed by atoms with E-state index in [4.69, 9.17) is 5.73 Å². The standard InChI is InChI=1S/C10H15BrN2O2S2/c1-7(16-2)6-13-17(14,15)10-5-8(12)3-4-9(10)11/h3-5,7,13H,6,12H2,1-2H3. The van der Waals surface area contributed by atoms with Crippen molar-refractivity contribution < 1.29 is 8.42 Å². The number of rotatable bonds is 5. The highest BCUT2D eigenvalue weighted by Gasteiger charge is 2.18. The predicted molar refractivity (Wildman–Crippen MR) is 76.7 cm³/mol. The van der Waals surface area contributed by atoms with Crippen LogP contribution in [0.25, 0.3) is 0 Å². The van der Waals surface area contributed by atoms with Gasteiger partial charge in [0.15, 0.2) is 0 Å². The van der Waals surface area contributed by atoms with Crippen molar-refractivity contribution in [2.75, 3.05) is 18.5 Å². The summed E-state index contributed by atoms with van der Waals surface area (Å²) in [6.07, 6.45) is 1.94. The molecule has 0 bridgehead atoms. The molecule has 17 heavy (non-hydrogen) atoms. The van der Waals surface area contributed by atoms with E-state index in [1.165, 1.54) is 6.07 Å². The fourth-order valence-corrected chi connectivity index (χ4v) is 3.60. The van der Waals surface area contributed by atoms with Crippen LogP contribution in [-0.4, -0.2) is 26.5 Å². The van der Waals surface area contributed by atoms with Crippen molar-refractivity contribution in [3.05, 3.63) is 22.7 Å². The molecule has 0 saturated heterocycles. The highest BCUT2D eigenvalue weighted by Crippen LogP contribution is 2.24. The number of benzene rings is 1. The number of nitrogens with one attached hydrogen (secondary N) is 1. The molecule has 0 radical (unpaired) electrons. The van der Waals surface area contributed by atoms with Gasteiger partial charge in [0, 0.05) is 22.0 Å². The molecule has 96 valence electrons. The zero-order valence-electron chi connectivity index (χ0n) is 9.60. The molecule has 0 aromatic heterocycles. The monoisotopic (exact) mass is 338 g/mol. The van der Waals surface area contributed by atoms with E-state index in [2.05, 4.69) is 20.7 Å². The lowest BCUT2D eigenvalue weighted by Gasteiger charge is -2.12. The summed E-state index contributed by atoms with van der Waals surface area (Å²) in [5.74, 6) is 0. The summed E-state index contributed by atoms with van der Waals surface area (Å²) in [7, 11) is -3.51. The van der Waals surface area contributed by atoms with Crippen LogP contribution in [0.5, 0.6) is 0 Å². The van der Waals surface area contributed by atoms with Crippen LogP contribution in [-0.2, 0) is 10.0 Å². The summed E-state index contributed by atoms with van der Waals surface area (Å²) in [5.41, 5.74) is 6.01. The predicted octanol–water partition coefficient (Wildman–Crippen LogP) is 2.06. The molecule has 0 heterocycles. The first-order valence-corrected chi connectivity index (χ1v) is 8.50. The van der Waals surface area contributed by atoms with Gasteiger partial charge in [-0.3, -0.25) is 0 Å². The SMILES string of the molecule is CSC(C)CNS(=O)(=O)c1cc(N)ccc1Br. The quantitative estimate of drug-likeness (QED) is 0.806. The first-order valence-electron chi connectivity index (χ1n) is 4.94. The van der Waals surface area contributed by atoms with Crippen molar-refractivity contribution in [3.8, 4) is 0 Å². The third-order valence-corrected chi connectivity index (χ3v) is 5.60. The Morgan fingerprint density at radius 3 is 2.76 bits per heavy atom. The molecule has 1 aromatic rings. The fourth-order valence-electron chi connectivity index (χ4n) is 1.11. The van der Waals surface area contributed by atoms with Crippen molar-refractivity contribution in [2.24, 2.45) is 0 Å². The third kappa shape index (κ3) is 4.17. The Hall–Kier alpha value is -0.240. The lowest BCUT2D eigenvalue weighted by atomic mass is 10.3. The molecule has 0 aliphatic rings. The summed E-state index contributed by atoms with van der Waals surface area (Å²) < 4.78 is 27.1. The minimum atomic E-state index is -3.51. The molecular formula is C10H15BrN2O2S2. The van der Waals surface area contributed by atoms with Gasteiger partial charge in [0.25, 0.3) is 0 Å². The largest absolute Gasteiger partial charge is 0.399 e. The average molecular weight is 339 g/mol. The number of nitrogen functional groups attached to an aromatic ring is 1. The Kier molecular flexibility index (Phi) is 5.30. The molecule has 3 N–H and O–H groups in total. The molecule has 1 aromatic carbocycles. The Bertz CT molecular complexity index is 491. The van der Waals surface area contributed by atoms with Gasteiger partial charge in [-0.1, -0.05) is 6.92 Å². The van der Waals surface area contributed by atoms with Crippen LogP contribution in [0.2, 0.25) is 0 Å². The van der Waals surface area contributed by atoms with E-state index >= 15 is 0 Å². The van der Waals surface area contributed by atoms with Crippen LogP contribution in [0.4, 0.5) is 5.69 Å². The molecule has 0 saturated carbocycles. The molecular weight excluding hydrogens is 324 g/mol. The lowest BCUT2D eigenvalue weighted by Crippen LogP contribution is -2.29. The number of halogens is 1. The number of anilines is 1. The summed E-state index contributed by atoms with van der Waals surface area (Å²) in [6, 6.07) is 4.71. The van der Waals surface area contributed by atoms with Crippen molar-refractivity contribution in [1.82, 2.24) is 4.72 Å². The van der Waals surface area contributed by atoms with E-state index in [9.17, 15) is 8.42 Å². The van der Waals surface area contributed by atoms with Crippen molar-refractivity contribution >= 4 is 43.4 Å². The Labute approximate surface area is 115 Å². The highest BCUT2D eigenvalue weighted by molar-refractivity contribution is 9.10. The first-order chi connectivity index (χ1) is 7.86. The second-order valence-corrected chi connectivity index (χ2v) is 7.45. The zero-order chi connectivity index (χ0) is 13.1. The Balaban J connectivity index is 2.93. The normalized spacial score (nSPS) is 13.6. The molecule has 7 heteroatoms. The minimum Gasteiger partial charge on any atom is -0.399 e. The van der Waals surface area contributed by atoms with E-state index in [1.54, 1.807) is 23.9 Å². The van der Waals surface area contributed by atoms with Gasteiger partial charge >= 0.3 is 0 Å². The van der Waals surface area contributed by atoms with Crippen molar-refractivity contribution in [1.29, 1.82) is 0 Å². The number of hydrogen-bond acceptors (Lipinski definition) is 4. The second-order valence-electron chi connectivity index (χ2n) is 3.59. The number of hydrogen-bond donors (Lipinski definition) is 2. The maximum Gasteiger partial charge on any atom is 0.241 e. The van der Waals surface area contributed by atoms with Crippen LogP contribution in [0.15, 0.2) is 27.6 Å². The van der Waals surface area contributed by atoms with E-state index < -0.39 is 10.0 Å². The smallest absolute Gasteiger partial charge is 0.241 e. The van der Waals surface area contributed by atoms with Crippen LogP contribution in [0, 0.1) is 0 Å². The lowest BCUT2D eigenvalue weighted by molar-refractivity contribution is 0.581. The van der Waals surface area contributed by atoms with E-state index in [1.807, 2.05) is 13.2 Å². The molecule has 1 rings (SSSR count). The Morgan fingerprint density at radius 2 is 2.18 bits per heavy atom. The maximum atomic E-state index is 12.0. The Morgan fingerprint density at radius 1 is 1.53 bits per heavy atom. The summed E-state index contributed by atoms with van der Waals surface area (Å²) in [6.45, 7) is 2.35. The van der Waals surface area contributed by atoms with Crippen LogP contribution < -0.4 is 10.5 Å². The second kappa shape index (κ2) is 6.08. The zero-order valence-corrected chi connectivity index (χ0v) is 12.8. The van der Waals surface area contributed by atoms with Gasteiger partial charge in [-0.25, -0.2) is 13.1 Å². The summed E-state index contributed by atoms with van der Waals surface area (Å²) in [5, 5.41) is 0.226. The topological polar surface area (TPSA) is 72.2 Å². The molecule has 1 unspecified atom stereocenters. The fraction of sp³-hybridized carbons (Fsp3) is 0.400. The van der Waals surface area contributed by atoms with Gasteiger partial charge in [0.1, 0.15) is 0 Å². The molecule has 0 amide bonds. The molecule has 0 aliphatic carbocycles. The van der Waals surface area contributed by atoms with Gasteiger partial charge in [-0.05, 0) is 40.4 Å².